The second-order valence-electron chi connectivity index (χ2n) is 3.92. The first-order chi connectivity index (χ1) is 7.53. The molecule has 1 rings (SSSR count). The van der Waals surface area contributed by atoms with Crippen LogP contribution >= 0.6 is 23.2 Å². The Balaban J connectivity index is 3.02. The number of aliphatic hydroxyl groups is 2. The van der Waals surface area contributed by atoms with Gasteiger partial charge < -0.3 is 10.2 Å². The zero-order chi connectivity index (χ0) is 12.2. The monoisotopic (exact) mass is 262 g/mol. The van der Waals surface area contributed by atoms with Gasteiger partial charge in [-0.1, -0.05) is 49.0 Å². The van der Waals surface area contributed by atoms with E-state index in [4.69, 9.17) is 23.2 Å². The lowest BCUT2D eigenvalue weighted by Gasteiger charge is -2.27. The van der Waals surface area contributed by atoms with Crippen molar-refractivity contribution in [3.8, 4) is 0 Å². The minimum absolute atomic E-state index is 0.339. The summed E-state index contributed by atoms with van der Waals surface area (Å²) in [5, 5.41) is 20.5. The summed E-state index contributed by atoms with van der Waals surface area (Å²) in [6, 6.07) is 4.90. The summed E-state index contributed by atoms with van der Waals surface area (Å²) in [6.45, 7) is 1.69. The first-order valence-electron chi connectivity index (χ1n) is 5.32. The molecular weight excluding hydrogens is 247 g/mol. The zero-order valence-corrected chi connectivity index (χ0v) is 10.7. The molecule has 0 aliphatic rings. The Labute approximate surface area is 106 Å². The van der Waals surface area contributed by atoms with E-state index in [1.54, 1.807) is 18.2 Å². The van der Waals surface area contributed by atoms with Crippen molar-refractivity contribution in [1.29, 1.82) is 0 Å². The molecule has 0 amide bonds. The number of aliphatic hydroxyl groups excluding tert-OH is 1. The first-order valence-corrected chi connectivity index (χ1v) is 6.08. The van der Waals surface area contributed by atoms with Gasteiger partial charge in [-0.05, 0) is 18.6 Å². The Morgan fingerprint density at radius 1 is 1.31 bits per heavy atom. The quantitative estimate of drug-likeness (QED) is 0.855. The summed E-state index contributed by atoms with van der Waals surface area (Å²) < 4.78 is 0. The lowest BCUT2D eigenvalue weighted by molar-refractivity contribution is -0.0276. The van der Waals surface area contributed by atoms with Gasteiger partial charge in [0.1, 0.15) is 5.60 Å². The van der Waals surface area contributed by atoms with E-state index < -0.39 is 5.60 Å². The fourth-order valence-corrected chi connectivity index (χ4v) is 2.22. The van der Waals surface area contributed by atoms with Crippen LogP contribution in [-0.2, 0) is 5.60 Å². The van der Waals surface area contributed by atoms with Crippen molar-refractivity contribution in [3.05, 3.63) is 33.8 Å². The maximum Gasteiger partial charge on any atom is 0.114 e. The molecule has 2 N–H and O–H groups in total. The normalized spacial score (nSPS) is 14.8. The lowest BCUT2D eigenvalue weighted by Crippen LogP contribution is -2.30. The highest BCUT2D eigenvalue weighted by Crippen LogP contribution is 2.33. The van der Waals surface area contributed by atoms with Gasteiger partial charge >= 0.3 is 0 Å². The summed E-state index contributed by atoms with van der Waals surface area (Å²) in [5.74, 6) is 0. The molecule has 0 saturated carbocycles. The molecule has 90 valence electrons. The van der Waals surface area contributed by atoms with Gasteiger partial charge in [-0.3, -0.25) is 0 Å². The third kappa shape index (κ3) is 3.11. The number of hydrogen-bond donors (Lipinski definition) is 2. The van der Waals surface area contributed by atoms with Crippen LogP contribution in [0.3, 0.4) is 0 Å². The van der Waals surface area contributed by atoms with Gasteiger partial charge in [-0.25, -0.2) is 0 Å². The van der Waals surface area contributed by atoms with Crippen molar-refractivity contribution >= 4 is 23.2 Å². The highest BCUT2D eigenvalue weighted by molar-refractivity contribution is 6.35. The van der Waals surface area contributed by atoms with Crippen LogP contribution in [0.1, 0.15) is 31.7 Å². The second kappa shape index (κ2) is 5.87. The van der Waals surface area contributed by atoms with Crippen LogP contribution in [0.15, 0.2) is 18.2 Å². The third-order valence-electron chi connectivity index (χ3n) is 2.64. The topological polar surface area (TPSA) is 40.5 Å². The molecule has 1 aromatic carbocycles. The molecule has 0 aromatic heterocycles. The number of rotatable bonds is 5. The zero-order valence-electron chi connectivity index (χ0n) is 9.21. The van der Waals surface area contributed by atoms with Gasteiger partial charge in [0.05, 0.1) is 6.61 Å². The van der Waals surface area contributed by atoms with Gasteiger partial charge in [0.25, 0.3) is 0 Å². The average Bonchev–Trinajstić information content (AvgIpc) is 2.26. The Hall–Kier alpha value is -0.280. The van der Waals surface area contributed by atoms with E-state index in [9.17, 15) is 10.2 Å². The Bertz CT molecular complexity index is 355. The van der Waals surface area contributed by atoms with Gasteiger partial charge in [0.15, 0.2) is 0 Å². The van der Waals surface area contributed by atoms with Gasteiger partial charge in [0.2, 0.25) is 0 Å². The summed E-state index contributed by atoms with van der Waals surface area (Å²) in [5.41, 5.74) is -0.730. The van der Waals surface area contributed by atoms with Crippen LogP contribution in [0.2, 0.25) is 10.0 Å². The number of benzene rings is 1. The highest BCUT2D eigenvalue weighted by Gasteiger charge is 2.29. The molecule has 16 heavy (non-hydrogen) atoms. The van der Waals surface area contributed by atoms with E-state index in [0.29, 0.717) is 22.0 Å². The molecule has 0 radical (unpaired) electrons. The maximum absolute atomic E-state index is 10.3. The minimum Gasteiger partial charge on any atom is -0.393 e. The van der Waals surface area contributed by atoms with E-state index in [1.807, 2.05) is 6.92 Å². The largest absolute Gasteiger partial charge is 0.393 e. The molecular formula is C12H16Cl2O2. The van der Waals surface area contributed by atoms with Crippen molar-refractivity contribution in [2.75, 3.05) is 6.61 Å². The number of unbranched alkanes of at least 4 members (excludes halogenated alkanes) is 1. The fraction of sp³-hybridized carbons (Fsp3) is 0.500. The predicted octanol–water partition coefficient (Wildman–Crippen LogP) is 3.36. The molecule has 1 unspecified atom stereocenters. The van der Waals surface area contributed by atoms with Crippen LogP contribution in [0.5, 0.6) is 0 Å². The molecule has 2 nitrogen and oxygen atoms in total. The molecule has 0 spiro atoms. The van der Waals surface area contributed by atoms with Gasteiger partial charge in [-0.15, -0.1) is 0 Å². The number of hydrogen-bond acceptors (Lipinski definition) is 2. The molecule has 0 heterocycles. The summed E-state index contributed by atoms with van der Waals surface area (Å²) in [6.07, 6.45) is 2.27. The number of halogens is 2. The summed E-state index contributed by atoms with van der Waals surface area (Å²) >= 11 is 11.8. The molecule has 0 saturated heterocycles. The Kier molecular flexibility index (Phi) is 5.06. The van der Waals surface area contributed by atoms with Crippen LogP contribution in [0, 0.1) is 0 Å². The van der Waals surface area contributed by atoms with E-state index in [-0.39, 0.29) is 6.61 Å². The maximum atomic E-state index is 10.3. The first kappa shape index (κ1) is 13.8. The molecule has 1 atom stereocenters. The van der Waals surface area contributed by atoms with E-state index in [2.05, 4.69) is 0 Å². The molecule has 0 bridgehead atoms. The molecule has 4 heteroatoms. The van der Waals surface area contributed by atoms with Crippen LogP contribution < -0.4 is 0 Å². The third-order valence-corrected chi connectivity index (χ3v) is 3.19. The van der Waals surface area contributed by atoms with Crippen LogP contribution in [0.4, 0.5) is 0 Å². The van der Waals surface area contributed by atoms with E-state index in [1.165, 1.54) is 0 Å². The van der Waals surface area contributed by atoms with Gasteiger partial charge in [-0.2, -0.15) is 0 Å². The standard InChI is InChI=1S/C12H16Cl2O2/c1-2-3-6-12(16,8-15)10-5-4-9(13)7-11(10)14/h4-5,7,15-16H,2-3,6,8H2,1H3. The predicted molar refractivity (Wildman–Crippen MR) is 67.0 cm³/mol. The van der Waals surface area contributed by atoms with Crippen molar-refractivity contribution < 1.29 is 10.2 Å². The SMILES string of the molecule is CCCCC(O)(CO)c1ccc(Cl)cc1Cl. The van der Waals surface area contributed by atoms with E-state index >= 15 is 0 Å². The summed E-state index contributed by atoms with van der Waals surface area (Å²) in [7, 11) is 0. The van der Waals surface area contributed by atoms with Crippen LogP contribution in [-0.4, -0.2) is 16.8 Å². The molecule has 0 fully saturated rings. The second-order valence-corrected chi connectivity index (χ2v) is 4.76. The molecule has 0 aliphatic heterocycles. The molecule has 1 aromatic rings. The fourth-order valence-electron chi connectivity index (χ4n) is 1.63. The van der Waals surface area contributed by atoms with Crippen molar-refractivity contribution in [3.63, 3.8) is 0 Å². The lowest BCUT2D eigenvalue weighted by atomic mass is 9.89. The average molecular weight is 263 g/mol. The van der Waals surface area contributed by atoms with Crippen LogP contribution in [0.25, 0.3) is 0 Å². The van der Waals surface area contributed by atoms with Crippen molar-refractivity contribution in [1.82, 2.24) is 0 Å². The Morgan fingerprint density at radius 2 is 2.00 bits per heavy atom. The molecule has 0 aliphatic carbocycles. The summed E-state index contributed by atoms with van der Waals surface area (Å²) in [4.78, 5) is 0. The highest BCUT2D eigenvalue weighted by atomic mass is 35.5. The van der Waals surface area contributed by atoms with Gasteiger partial charge in [0, 0.05) is 15.6 Å². The smallest absolute Gasteiger partial charge is 0.114 e. The van der Waals surface area contributed by atoms with E-state index in [0.717, 1.165) is 12.8 Å². The minimum atomic E-state index is -1.27. The van der Waals surface area contributed by atoms with Crippen molar-refractivity contribution in [2.24, 2.45) is 0 Å². The van der Waals surface area contributed by atoms with Crippen molar-refractivity contribution in [2.45, 2.75) is 31.8 Å². The Morgan fingerprint density at radius 3 is 2.50 bits per heavy atom.